The molecule has 0 aliphatic carbocycles. The van der Waals surface area contributed by atoms with E-state index in [-0.39, 0.29) is 93.6 Å². The molecular weight excluding hydrogens is 1170 g/mol. The third-order valence-corrected chi connectivity index (χ3v) is 21.4. The molecule has 14 nitrogen and oxygen atoms in total. The Morgan fingerprint density at radius 3 is 0.892 bits per heavy atom. The van der Waals surface area contributed by atoms with Crippen LogP contribution in [0.1, 0.15) is 307 Å². The lowest BCUT2D eigenvalue weighted by Gasteiger charge is -2.35. The second-order valence-corrected chi connectivity index (χ2v) is 28.5. The average molecular weight is 1310 g/mol. The fourth-order valence-corrected chi connectivity index (χ4v) is 15.9. The Kier molecular flexibility index (Phi) is 48.3. The van der Waals surface area contributed by atoms with Crippen molar-refractivity contribution in [2.45, 2.75) is 308 Å². The minimum absolute atomic E-state index is 0.0265. The molecule has 0 unspecified atom stereocenters. The lowest BCUT2D eigenvalue weighted by molar-refractivity contribution is -0.121. The van der Waals surface area contributed by atoms with Crippen LogP contribution in [0.4, 0.5) is 4.79 Å². The number of aliphatic hydroxyl groups is 9. The lowest BCUT2D eigenvalue weighted by atomic mass is 9.70. The zero-order valence-electron chi connectivity index (χ0n) is 58.7. The molecule has 0 bridgehead atoms. The van der Waals surface area contributed by atoms with Crippen LogP contribution in [-0.2, 0) is 16.1 Å². The van der Waals surface area contributed by atoms with Gasteiger partial charge in [0.2, 0.25) is 5.91 Å². The van der Waals surface area contributed by atoms with Crippen LogP contribution in [0.15, 0.2) is 54.6 Å². The zero-order valence-corrected chi connectivity index (χ0v) is 58.7. The molecule has 14 heteroatoms. The smallest absolute Gasteiger partial charge is 0.407 e. The van der Waals surface area contributed by atoms with E-state index < -0.39 is 6.09 Å². The van der Waals surface area contributed by atoms with Crippen LogP contribution in [0.2, 0.25) is 0 Å². The summed E-state index contributed by atoms with van der Waals surface area (Å²) in [5.74, 6) is 0.138. The number of benzene rings is 3. The molecule has 0 aromatic heterocycles. The number of hydrogen-bond donors (Lipinski definition) is 11. The molecule has 3 aromatic rings. The van der Waals surface area contributed by atoms with Crippen LogP contribution in [0.5, 0.6) is 0 Å². The Morgan fingerprint density at radius 2 is 0.570 bits per heavy atom. The number of nitrogens with one attached hydrogen (secondary N) is 2. The van der Waals surface area contributed by atoms with Crippen molar-refractivity contribution in [3.63, 3.8) is 0 Å². The molecule has 0 spiro atoms. The minimum Gasteiger partial charge on any atom is -0.445 e. The van der Waals surface area contributed by atoms with Crippen LogP contribution < -0.4 is 10.6 Å². The van der Waals surface area contributed by atoms with Crippen molar-refractivity contribution in [2.75, 3.05) is 72.6 Å². The number of fused-ring (bicyclic) bond motifs is 2. The van der Waals surface area contributed by atoms with E-state index in [1.165, 1.54) is 44.9 Å². The van der Waals surface area contributed by atoms with Crippen LogP contribution in [0.25, 0.3) is 21.5 Å². The van der Waals surface area contributed by atoms with Crippen molar-refractivity contribution in [3.05, 3.63) is 60.2 Å². The first-order chi connectivity index (χ1) is 45.5. The van der Waals surface area contributed by atoms with E-state index in [4.69, 9.17) is 4.74 Å². The predicted molar refractivity (Wildman–Crippen MR) is 383 cm³/mol. The second kappa shape index (κ2) is 53.6. The van der Waals surface area contributed by atoms with Crippen LogP contribution in [0.3, 0.4) is 0 Å². The summed E-state index contributed by atoms with van der Waals surface area (Å²) in [5.41, 5.74) is 1.19. The van der Waals surface area contributed by atoms with Gasteiger partial charge in [0.1, 0.15) is 6.61 Å². The van der Waals surface area contributed by atoms with Gasteiger partial charge in [-0.2, -0.15) is 0 Å². The molecule has 0 saturated heterocycles. The van der Waals surface area contributed by atoms with Gasteiger partial charge >= 0.3 is 6.09 Å². The summed E-state index contributed by atoms with van der Waals surface area (Å²) in [7, 11) is 0. The number of alkyl carbamates (subject to hydrolysis) is 1. The van der Waals surface area contributed by atoms with Gasteiger partial charge in [0.25, 0.3) is 0 Å². The summed E-state index contributed by atoms with van der Waals surface area (Å²) in [6.07, 6.45) is 46.0. The van der Waals surface area contributed by atoms with Gasteiger partial charge in [0, 0.05) is 84.5 Å². The molecule has 0 aliphatic heterocycles. The number of amides is 2. The maximum Gasteiger partial charge on any atom is 0.407 e. The Bertz CT molecular complexity index is 2130. The summed E-state index contributed by atoms with van der Waals surface area (Å²) < 4.78 is 5.76. The standard InChI is InChI=1S/C79H138N2O12/c82-58-27-46-76(47-28-59-83,48-29-60-84)40-19-7-1-3-9-21-42-78(44-23-11-5-6-12-24-45-79(55-66-90,52-33-64-88)53-34-65-89,43-22-10-4-2-8-20-41-77(49-30-61-85,50-31-62-86)51-32-63-87)54-39-74(91)80-56-25-13-14-26-57-81-75(92)93-68-73-71-37-17-15-35-69(71)67-70-36-16-18-38-72(70)73/h15-18,35-38,67,82-90H,1-14,19-34,39-66,68H2,(H,80,91)(H,81,92). The van der Waals surface area contributed by atoms with E-state index in [0.717, 1.165) is 278 Å². The first-order valence-electron chi connectivity index (χ1n) is 38.1. The maximum atomic E-state index is 13.9. The van der Waals surface area contributed by atoms with Crippen LogP contribution >= 0.6 is 0 Å². The number of unbranched alkanes of at least 4 members (excludes halogenated alkanes) is 18. The van der Waals surface area contributed by atoms with Crippen molar-refractivity contribution >= 4 is 33.5 Å². The van der Waals surface area contributed by atoms with Crippen molar-refractivity contribution in [1.29, 1.82) is 0 Å². The molecule has 93 heavy (non-hydrogen) atoms. The number of hydrogen-bond acceptors (Lipinski definition) is 12. The molecule has 2 amide bonds. The molecule has 3 aromatic carbocycles. The molecule has 3 rings (SSSR count). The maximum absolute atomic E-state index is 13.9. The highest BCUT2D eigenvalue weighted by molar-refractivity contribution is 6.02. The first-order valence-corrected chi connectivity index (χ1v) is 38.1. The van der Waals surface area contributed by atoms with E-state index in [2.05, 4.69) is 41.0 Å². The van der Waals surface area contributed by atoms with Gasteiger partial charge in [-0.3, -0.25) is 4.79 Å². The molecular formula is C79H138N2O12. The molecule has 0 heterocycles. The highest BCUT2D eigenvalue weighted by atomic mass is 16.5. The highest BCUT2D eigenvalue weighted by Crippen LogP contribution is 2.45. The number of carbonyl (C=O) groups is 2. The fourth-order valence-electron chi connectivity index (χ4n) is 15.9. The molecule has 11 N–H and O–H groups in total. The third-order valence-electron chi connectivity index (χ3n) is 21.4. The van der Waals surface area contributed by atoms with Gasteiger partial charge in [-0.05, 0) is 216 Å². The summed E-state index contributed by atoms with van der Waals surface area (Å²) in [5, 5.41) is 98.4. The minimum atomic E-state index is -0.415. The Labute approximate surface area is 564 Å². The molecule has 0 radical (unpaired) electrons. The van der Waals surface area contributed by atoms with Gasteiger partial charge in [0.15, 0.2) is 0 Å². The zero-order chi connectivity index (χ0) is 67.2. The molecule has 0 aliphatic rings. The predicted octanol–water partition coefficient (Wildman–Crippen LogP) is 16.5. The number of ether oxygens (including phenoxy) is 1. The third kappa shape index (κ3) is 36.1. The topological polar surface area (TPSA) is 249 Å². The van der Waals surface area contributed by atoms with Crippen molar-refractivity contribution in [3.8, 4) is 0 Å². The van der Waals surface area contributed by atoms with E-state index in [9.17, 15) is 55.5 Å². The van der Waals surface area contributed by atoms with E-state index >= 15 is 0 Å². The summed E-state index contributed by atoms with van der Waals surface area (Å²) in [6, 6.07) is 18.6. The normalized spacial score (nSPS) is 12.4. The van der Waals surface area contributed by atoms with Gasteiger partial charge < -0.3 is 61.3 Å². The number of aliphatic hydroxyl groups excluding tert-OH is 9. The number of carbonyl (C=O) groups excluding carboxylic acids is 2. The van der Waals surface area contributed by atoms with Crippen LogP contribution in [-0.4, -0.2) is 131 Å². The first kappa shape index (κ1) is 83.8. The number of rotatable bonds is 65. The molecule has 0 saturated carbocycles. The van der Waals surface area contributed by atoms with Crippen molar-refractivity contribution in [2.24, 2.45) is 21.7 Å². The lowest BCUT2D eigenvalue weighted by Crippen LogP contribution is -2.28. The van der Waals surface area contributed by atoms with E-state index in [1.807, 2.05) is 24.3 Å². The largest absolute Gasteiger partial charge is 0.445 e. The van der Waals surface area contributed by atoms with Gasteiger partial charge in [-0.15, -0.1) is 0 Å². The summed E-state index contributed by atoms with van der Waals surface area (Å²) >= 11 is 0. The van der Waals surface area contributed by atoms with Crippen molar-refractivity contribution < 1.29 is 60.3 Å². The van der Waals surface area contributed by atoms with E-state index in [1.54, 1.807) is 0 Å². The second-order valence-electron chi connectivity index (χ2n) is 28.5. The Morgan fingerprint density at radius 1 is 0.301 bits per heavy atom. The quantitative estimate of drug-likeness (QED) is 0.0187. The van der Waals surface area contributed by atoms with E-state index in [0.29, 0.717) is 19.5 Å². The summed E-state index contributed by atoms with van der Waals surface area (Å²) in [4.78, 5) is 26.7. The summed E-state index contributed by atoms with van der Waals surface area (Å²) in [6.45, 7) is 2.82. The Balaban J connectivity index is 1.65. The van der Waals surface area contributed by atoms with Gasteiger partial charge in [-0.25, -0.2) is 4.79 Å². The molecule has 0 atom stereocenters. The monoisotopic (exact) mass is 1310 g/mol. The SMILES string of the molecule is O=C(CCC(CCCCCCCCC(CCO)(CCCO)CCCO)(CCCCCCCCC(CCCO)(CCCO)CCCO)CCCCCCCCC(CCCO)(CCCO)CCCO)NCCCCCCNC(=O)OCc1c2ccccc2cc2ccccc12. The Hall–Kier alpha value is -3.44. The highest BCUT2D eigenvalue weighted by Gasteiger charge is 2.32. The van der Waals surface area contributed by atoms with Gasteiger partial charge in [-0.1, -0.05) is 177 Å². The average Bonchev–Trinajstić information content (AvgIpc) is 0.815. The molecule has 0 fully saturated rings. The van der Waals surface area contributed by atoms with Crippen LogP contribution in [0, 0.1) is 21.7 Å². The van der Waals surface area contributed by atoms with Crippen molar-refractivity contribution in [1.82, 2.24) is 10.6 Å². The molecule has 536 valence electrons. The van der Waals surface area contributed by atoms with Gasteiger partial charge in [0.05, 0.1) is 0 Å². The fraction of sp³-hybridized carbons (Fsp3) is 0.797.